The number of para-hydroxylation sites is 1. The van der Waals surface area contributed by atoms with Crippen molar-refractivity contribution in [3.05, 3.63) is 57.9 Å². The average molecular weight is 387 g/mol. The smallest absolute Gasteiger partial charge is 0.165 e. The molecule has 0 saturated carbocycles. The zero-order valence-electron chi connectivity index (χ0n) is 10.7. The number of aliphatic hydroxyl groups excluding tert-OH is 1. The van der Waals surface area contributed by atoms with Crippen LogP contribution >= 0.6 is 22.6 Å². The third-order valence-corrected chi connectivity index (χ3v) is 3.31. The molecule has 1 atom stereocenters. The Labute approximate surface area is 130 Å². The van der Waals surface area contributed by atoms with Crippen molar-refractivity contribution in [1.29, 1.82) is 0 Å². The quantitative estimate of drug-likeness (QED) is 0.748. The lowest BCUT2D eigenvalue weighted by atomic mass is 10.3. The van der Waals surface area contributed by atoms with Gasteiger partial charge in [-0.1, -0.05) is 18.2 Å². The Morgan fingerprint density at radius 3 is 2.75 bits per heavy atom. The number of benzene rings is 2. The van der Waals surface area contributed by atoms with Crippen LogP contribution in [-0.2, 0) is 0 Å². The fourth-order valence-corrected chi connectivity index (χ4v) is 2.18. The van der Waals surface area contributed by atoms with Gasteiger partial charge in [-0.2, -0.15) is 0 Å². The largest absolute Gasteiger partial charge is 0.488 e. The number of aliphatic hydroxyl groups is 1. The summed E-state index contributed by atoms with van der Waals surface area (Å²) in [6.45, 7) is 0.381. The first-order valence-electron chi connectivity index (χ1n) is 6.20. The highest BCUT2D eigenvalue weighted by Crippen LogP contribution is 2.16. The minimum atomic E-state index is -0.715. The minimum absolute atomic E-state index is 0.0395. The van der Waals surface area contributed by atoms with E-state index in [0.717, 1.165) is 9.26 Å². The molecule has 0 saturated heterocycles. The number of hydrogen-bond donors (Lipinski definition) is 2. The molecule has 0 bridgehead atoms. The van der Waals surface area contributed by atoms with Crippen molar-refractivity contribution in [3.63, 3.8) is 0 Å². The minimum Gasteiger partial charge on any atom is -0.488 e. The van der Waals surface area contributed by atoms with Gasteiger partial charge in [0.25, 0.3) is 0 Å². The summed E-state index contributed by atoms with van der Waals surface area (Å²) < 4.78 is 19.7. The summed E-state index contributed by atoms with van der Waals surface area (Å²) in [5.41, 5.74) is 0.932. The van der Waals surface area contributed by atoms with E-state index in [1.54, 1.807) is 12.1 Å². The third kappa shape index (κ3) is 4.64. The number of anilines is 1. The summed E-state index contributed by atoms with van der Waals surface area (Å²) in [6.07, 6.45) is -0.715. The molecule has 2 aromatic rings. The van der Waals surface area contributed by atoms with Gasteiger partial charge >= 0.3 is 0 Å². The van der Waals surface area contributed by atoms with Crippen molar-refractivity contribution in [1.82, 2.24) is 0 Å². The summed E-state index contributed by atoms with van der Waals surface area (Å²) in [5.74, 6) is -0.272. The molecule has 0 aliphatic rings. The van der Waals surface area contributed by atoms with Gasteiger partial charge in [0.2, 0.25) is 0 Å². The molecule has 1 unspecified atom stereocenters. The average Bonchev–Trinajstić information content (AvgIpc) is 2.44. The summed E-state index contributed by atoms with van der Waals surface area (Å²) >= 11 is 2.22. The van der Waals surface area contributed by atoms with Gasteiger partial charge in [0.1, 0.15) is 12.7 Å². The van der Waals surface area contributed by atoms with Gasteiger partial charge in [-0.05, 0) is 52.9 Å². The number of hydrogen-bond acceptors (Lipinski definition) is 3. The molecule has 0 aliphatic carbocycles. The highest BCUT2D eigenvalue weighted by atomic mass is 127. The van der Waals surface area contributed by atoms with Crippen molar-refractivity contribution in [3.8, 4) is 5.75 Å². The van der Waals surface area contributed by atoms with E-state index >= 15 is 0 Å². The normalized spacial score (nSPS) is 11.9. The molecule has 2 N–H and O–H groups in total. The van der Waals surface area contributed by atoms with Gasteiger partial charge in [0.05, 0.1) is 0 Å². The number of rotatable bonds is 6. The van der Waals surface area contributed by atoms with Gasteiger partial charge in [0, 0.05) is 15.8 Å². The Balaban J connectivity index is 1.78. The van der Waals surface area contributed by atoms with Crippen LogP contribution in [0.25, 0.3) is 0 Å². The Bertz CT molecular complexity index is 565. The van der Waals surface area contributed by atoms with Gasteiger partial charge in [-0.25, -0.2) is 4.39 Å². The zero-order chi connectivity index (χ0) is 14.4. The third-order valence-electron chi connectivity index (χ3n) is 2.63. The molecule has 20 heavy (non-hydrogen) atoms. The van der Waals surface area contributed by atoms with Gasteiger partial charge in [-0.15, -0.1) is 0 Å². The lowest BCUT2D eigenvalue weighted by molar-refractivity contribution is 0.115. The highest BCUT2D eigenvalue weighted by molar-refractivity contribution is 14.1. The maximum atomic E-state index is 13.3. The SMILES string of the molecule is OC(CNc1cccc(I)c1)COc1ccccc1F. The van der Waals surface area contributed by atoms with E-state index in [1.165, 1.54) is 12.1 Å². The molecule has 0 aliphatic heterocycles. The van der Waals surface area contributed by atoms with Crippen LogP contribution in [0.3, 0.4) is 0 Å². The van der Waals surface area contributed by atoms with E-state index in [0.29, 0.717) is 6.54 Å². The Morgan fingerprint density at radius 1 is 1.20 bits per heavy atom. The predicted octanol–water partition coefficient (Wildman–Crippen LogP) is 3.28. The molecular formula is C15H15FINO2. The lowest BCUT2D eigenvalue weighted by Gasteiger charge is -2.14. The Hall–Kier alpha value is -1.34. The van der Waals surface area contributed by atoms with Crippen molar-refractivity contribution >= 4 is 28.3 Å². The lowest BCUT2D eigenvalue weighted by Crippen LogP contribution is -2.26. The van der Waals surface area contributed by atoms with Crippen molar-refractivity contribution < 1.29 is 14.2 Å². The van der Waals surface area contributed by atoms with E-state index in [1.807, 2.05) is 24.3 Å². The molecule has 0 fully saturated rings. The van der Waals surface area contributed by atoms with Crippen LogP contribution in [-0.4, -0.2) is 24.4 Å². The van der Waals surface area contributed by atoms with Crippen LogP contribution in [0.1, 0.15) is 0 Å². The van der Waals surface area contributed by atoms with Gasteiger partial charge in [-0.3, -0.25) is 0 Å². The monoisotopic (exact) mass is 387 g/mol. The Kier molecular flexibility index (Phi) is 5.60. The van der Waals surface area contributed by atoms with Crippen LogP contribution in [0.15, 0.2) is 48.5 Å². The molecule has 2 aromatic carbocycles. The molecule has 0 aromatic heterocycles. The van der Waals surface area contributed by atoms with Crippen LogP contribution < -0.4 is 10.1 Å². The molecule has 3 nitrogen and oxygen atoms in total. The van der Waals surface area contributed by atoms with Crippen molar-refractivity contribution in [2.75, 3.05) is 18.5 Å². The summed E-state index contributed by atoms with van der Waals surface area (Å²) in [4.78, 5) is 0. The molecule has 0 radical (unpaired) electrons. The van der Waals surface area contributed by atoms with E-state index < -0.39 is 11.9 Å². The number of nitrogens with one attached hydrogen (secondary N) is 1. The highest BCUT2D eigenvalue weighted by Gasteiger charge is 2.07. The van der Waals surface area contributed by atoms with Gasteiger partial charge in [0.15, 0.2) is 11.6 Å². The first-order valence-corrected chi connectivity index (χ1v) is 7.28. The van der Waals surface area contributed by atoms with E-state index in [9.17, 15) is 9.50 Å². The van der Waals surface area contributed by atoms with Crippen LogP contribution in [0.4, 0.5) is 10.1 Å². The maximum Gasteiger partial charge on any atom is 0.165 e. The van der Waals surface area contributed by atoms with E-state index in [2.05, 4.69) is 27.9 Å². The fourth-order valence-electron chi connectivity index (χ4n) is 1.64. The molecule has 2 rings (SSSR count). The number of halogens is 2. The molecule has 106 valence electrons. The molecule has 0 spiro atoms. The molecular weight excluding hydrogens is 372 g/mol. The maximum absolute atomic E-state index is 13.3. The Morgan fingerprint density at radius 2 is 2.00 bits per heavy atom. The first-order chi connectivity index (χ1) is 9.65. The second-order valence-electron chi connectivity index (χ2n) is 4.29. The second kappa shape index (κ2) is 7.44. The van der Waals surface area contributed by atoms with Crippen LogP contribution in [0.5, 0.6) is 5.75 Å². The van der Waals surface area contributed by atoms with Crippen LogP contribution in [0.2, 0.25) is 0 Å². The number of ether oxygens (including phenoxy) is 1. The second-order valence-corrected chi connectivity index (χ2v) is 5.53. The summed E-state index contributed by atoms with van der Waals surface area (Å²) in [7, 11) is 0. The summed E-state index contributed by atoms with van der Waals surface area (Å²) in [6, 6.07) is 14.0. The van der Waals surface area contributed by atoms with E-state index in [-0.39, 0.29) is 12.4 Å². The topological polar surface area (TPSA) is 41.5 Å². The standard InChI is InChI=1S/C15H15FINO2/c16-14-6-1-2-7-15(14)20-10-13(19)9-18-12-5-3-4-11(17)8-12/h1-8,13,18-19H,9-10H2. The molecule has 0 heterocycles. The van der Waals surface area contributed by atoms with Crippen molar-refractivity contribution in [2.45, 2.75) is 6.10 Å². The predicted molar refractivity (Wildman–Crippen MR) is 85.6 cm³/mol. The first kappa shape index (κ1) is 15.1. The molecule has 5 heteroatoms. The summed E-state index contributed by atoms with van der Waals surface area (Å²) in [5, 5.41) is 12.9. The van der Waals surface area contributed by atoms with E-state index in [4.69, 9.17) is 4.74 Å². The van der Waals surface area contributed by atoms with Gasteiger partial charge < -0.3 is 15.2 Å². The van der Waals surface area contributed by atoms with Crippen molar-refractivity contribution in [2.24, 2.45) is 0 Å². The fraction of sp³-hybridized carbons (Fsp3) is 0.200. The van der Waals surface area contributed by atoms with Crippen LogP contribution in [0, 0.1) is 9.39 Å². The zero-order valence-corrected chi connectivity index (χ0v) is 12.9. The molecule has 0 amide bonds.